The average molecular weight is 251 g/mol. The van der Waals surface area contributed by atoms with Crippen LogP contribution in [0, 0.1) is 11.3 Å². The Morgan fingerprint density at radius 2 is 1.89 bits per heavy atom. The summed E-state index contributed by atoms with van der Waals surface area (Å²) in [6.07, 6.45) is 14.4. The molecule has 1 aliphatic rings. The first-order valence-electron chi connectivity index (χ1n) is 8.00. The minimum absolute atomic E-state index is 0.634. The van der Waals surface area contributed by atoms with E-state index in [-0.39, 0.29) is 0 Å². The maximum atomic E-state index is 3.77. The molecule has 1 heteroatoms. The van der Waals surface area contributed by atoms with Gasteiger partial charge in [0.15, 0.2) is 0 Å². The van der Waals surface area contributed by atoms with Crippen LogP contribution in [0.4, 0.5) is 0 Å². The zero-order valence-corrected chi connectivity index (χ0v) is 12.6. The van der Waals surface area contributed by atoms with Crippen molar-refractivity contribution < 1.29 is 0 Å². The molecule has 0 aromatic carbocycles. The van der Waals surface area contributed by atoms with E-state index in [4.69, 9.17) is 0 Å². The Hall–Kier alpha value is -0.300. The van der Waals surface area contributed by atoms with Gasteiger partial charge in [-0.3, -0.25) is 0 Å². The van der Waals surface area contributed by atoms with E-state index in [0.29, 0.717) is 5.41 Å². The highest BCUT2D eigenvalue weighted by molar-refractivity contribution is 4.87. The van der Waals surface area contributed by atoms with Crippen LogP contribution in [0.2, 0.25) is 0 Å². The fraction of sp³-hybridized carbons (Fsp3) is 0.882. The molecule has 1 N–H and O–H groups in total. The average Bonchev–Trinajstić information content (AvgIpc) is 2.76. The number of hydrogen-bond donors (Lipinski definition) is 1. The molecule has 0 bridgehead atoms. The number of rotatable bonds is 10. The Morgan fingerprint density at radius 3 is 2.50 bits per heavy atom. The summed E-state index contributed by atoms with van der Waals surface area (Å²) >= 11 is 0. The Labute approximate surface area is 114 Å². The van der Waals surface area contributed by atoms with Gasteiger partial charge in [0.25, 0.3) is 0 Å². The lowest BCUT2D eigenvalue weighted by Crippen LogP contribution is -2.33. The number of hydrogen-bond acceptors (Lipinski definition) is 1. The van der Waals surface area contributed by atoms with Crippen LogP contribution in [-0.4, -0.2) is 13.1 Å². The van der Waals surface area contributed by atoms with E-state index in [1.807, 2.05) is 6.08 Å². The van der Waals surface area contributed by atoms with Crippen LogP contribution in [0.3, 0.4) is 0 Å². The van der Waals surface area contributed by atoms with Crippen LogP contribution in [0.15, 0.2) is 12.7 Å². The largest absolute Gasteiger partial charge is 0.316 e. The molecule has 0 aromatic rings. The smallest absolute Gasteiger partial charge is 0.000790 e. The second kappa shape index (κ2) is 8.74. The molecule has 18 heavy (non-hydrogen) atoms. The molecule has 0 unspecified atom stereocenters. The quantitative estimate of drug-likeness (QED) is 0.429. The van der Waals surface area contributed by atoms with E-state index >= 15 is 0 Å². The number of allylic oxidation sites excluding steroid dienone is 1. The standard InChI is InChI=1S/C17H33N/c1-4-5-6-7-10-13-18-15-17(14-16(2)3)11-8-9-12-17/h4,16,18H,1,5-15H2,2-3H3. The van der Waals surface area contributed by atoms with Crippen LogP contribution in [0.1, 0.15) is 71.6 Å². The van der Waals surface area contributed by atoms with E-state index in [1.165, 1.54) is 70.9 Å². The van der Waals surface area contributed by atoms with E-state index in [1.54, 1.807) is 0 Å². The highest BCUT2D eigenvalue weighted by Gasteiger charge is 2.33. The zero-order valence-electron chi connectivity index (χ0n) is 12.6. The third kappa shape index (κ3) is 6.04. The van der Waals surface area contributed by atoms with Crippen LogP contribution in [0.25, 0.3) is 0 Å². The molecule has 0 saturated heterocycles. The molecule has 0 radical (unpaired) electrons. The first-order chi connectivity index (χ1) is 8.68. The predicted octanol–water partition coefficient (Wildman–Crippen LogP) is 4.93. The van der Waals surface area contributed by atoms with Crippen molar-refractivity contribution in [2.45, 2.75) is 71.6 Å². The van der Waals surface area contributed by atoms with Crippen LogP contribution in [-0.2, 0) is 0 Å². The molecular formula is C17H33N. The fourth-order valence-electron chi connectivity index (χ4n) is 3.51. The van der Waals surface area contributed by atoms with Gasteiger partial charge in [0.05, 0.1) is 0 Å². The molecule has 1 rings (SSSR count). The van der Waals surface area contributed by atoms with Gasteiger partial charge in [0.2, 0.25) is 0 Å². The minimum Gasteiger partial charge on any atom is -0.316 e. The Balaban J connectivity index is 2.12. The van der Waals surface area contributed by atoms with Crippen molar-refractivity contribution in [3.8, 4) is 0 Å². The summed E-state index contributed by atoms with van der Waals surface area (Å²) in [5.74, 6) is 0.845. The summed E-state index contributed by atoms with van der Waals surface area (Å²) in [6.45, 7) is 11.0. The molecule has 1 nitrogen and oxygen atoms in total. The molecule has 0 amide bonds. The first-order valence-corrected chi connectivity index (χ1v) is 8.00. The van der Waals surface area contributed by atoms with E-state index < -0.39 is 0 Å². The second-order valence-corrected chi connectivity index (χ2v) is 6.62. The summed E-state index contributed by atoms with van der Waals surface area (Å²) < 4.78 is 0. The highest BCUT2D eigenvalue weighted by atomic mass is 14.9. The van der Waals surface area contributed by atoms with Crippen LogP contribution < -0.4 is 5.32 Å². The minimum atomic E-state index is 0.634. The van der Waals surface area contributed by atoms with Gasteiger partial charge < -0.3 is 5.32 Å². The molecule has 0 aromatic heterocycles. The molecule has 1 saturated carbocycles. The SMILES string of the molecule is C=CCCCCCNCC1(CC(C)C)CCCC1. The zero-order chi connectivity index (χ0) is 13.3. The van der Waals surface area contributed by atoms with Crippen LogP contribution >= 0.6 is 0 Å². The lowest BCUT2D eigenvalue weighted by atomic mass is 9.78. The summed E-state index contributed by atoms with van der Waals surface area (Å²) in [4.78, 5) is 0. The number of nitrogens with one attached hydrogen (secondary N) is 1. The third-order valence-electron chi connectivity index (χ3n) is 4.27. The van der Waals surface area contributed by atoms with E-state index in [9.17, 15) is 0 Å². The normalized spacial score (nSPS) is 18.4. The lowest BCUT2D eigenvalue weighted by Gasteiger charge is -2.31. The highest BCUT2D eigenvalue weighted by Crippen LogP contribution is 2.42. The predicted molar refractivity (Wildman–Crippen MR) is 81.9 cm³/mol. The van der Waals surface area contributed by atoms with Gasteiger partial charge in [-0.25, -0.2) is 0 Å². The molecule has 0 spiro atoms. The molecule has 1 fully saturated rings. The Kier molecular flexibility index (Phi) is 7.65. The van der Waals surface area contributed by atoms with Crippen LogP contribution in [0.5, 0.6) is 0 Å². The number of unbranched alkanes of at least 4 members (excludes halogenated alkanes) is 3. The van der Waals surface area contributed by atoms with Gasteiger partial charge >= 0.3 is 0 Å². The van der Waals surface area contributed by atoms with Gasteiger partial charge in [-0.1, -0.05) is 39.2 Å². The van der Waals surface area contributed by atoms with Crippen molar-refractivity contribution in [1.82, 2.24) is 5.32 Å². The van der Waals surface area contributed by atoms with E-state index in [2.05, 4.69) is 25.7 Å². The fourth-order valence-corrected chi connectivity index (χ4v) is 3.51. The van der Waals surface area contributed by atoms with Gasteiger partial charge in [-0.15, -0.1) is 6.58 Å². The molecule has 0 heterocycles. The van der Waals surface area contributed by atoms with E-state index in [0.717, 1.165) is 5.92 Å². The summed E-state index contributed by atoms with van der Waals surface area (Å²) in [5.41, 5.74) is 0.634. The summed E-state index contributed by atoms with van der Waals surface area (Å²) in [5, 5.41) is 3.72. The topological polar surface area (TPSA) is 12.0 Å². The van der Waals surface area contributed by atoms with Crippen molar-refractivity contribution in [3.63, 3.8) is 0 Å². The molecule has 1 aliphatic carbocycles. The molecule has 0 atom stereocenters. The first kappa shape index (κ1) is 15.8. The van der Waals surface area contributed by atoms with Gasteiger partial charge in [0, 0.05) is 6.54 Å². The second-order valence-electron chi connectivity index (χ2n) is 6.62. The van der Waals surface area contributed by atoms with Crippen molar-refractivity contribution >= 4 is 0 Å². The molecular weight excluding hydrogens is 218 g/mol. The van der Waals surface area contributed by atoms with Crippen molar-refractivity contribution in [3.05, 3.63) is 12.7 Å². The lowest BCUT2D eigenvalue weighted by molar-refractivity contribution is 0.224. The van der Waals surface area contributed by atoms with Crippen molar-refractivity contribution in [2.24, 2.45) is 11.3 Å². The maximum absolute atomic E-state index is 3.77. The van der Waals surface area contributed by atoms with Gasteiger partial charge in [0.1, 0.15) is 0 Å². The van der Waals surface area contributed by atoms with Gasteiger partial charge in [-0.2, -0.15) is 0 Å². The monoisotopic (exact) mass is 251 g/mol. The van der Waals surface area contributed by atoms with Crippen molar-refractivity contribution in [1.29, 1.82) is 0 Å². The third-order valence-corrected chi connectivity index (χ3v) is 4.27. The Morgan fingerprint density at radius 1 is 1.17 bits per heavy atom. The Bertz CT molecular complexity index is 214. The summed E-state index contributed by atoms with van der Waals surface area (Å²) in [7, 11) is 0. The van der Waals surface area contributed by atoms with Crippen molar-refractivity contribution in [2.75, 3.05) is 13.1 Å². The molecule has 0 aliphatic heterocycles. The molecule has 106 valence electrons. The maximum Gasteiger partial charge on any atom is 0.000790 e. The summed E-state index contributed by atoms with van der Waals surface area (Å²) in [6, 6.07) is 0. The van der Waals surface area contributed by atoms with Gasteiger partial charge in [-0.05, 0) is 56.4 Å².